The molecule has 0 amide bonds. The van der Waals surface area contributed by atoms with E-state index in [2.05, 4.69) is 25.7 Å². The summed E-state index contributed by atoms with van der Waals surface area (Å²) >= 11 is 0. The summed E-state index contributed by atoms with van der Waals surface area (Å²) in [5.41, 5.74) is 6.49. The molecule has 0 aromatic carbocycles. The molecule has 20 heavy (non-hydrogen) atoms. The molecule has 0 radical (unpaired) electrons. The Morgan fingerprint density at radius 3 is 2.65 bits per heavy atom. The average Bonchev–Trinajstić information content (AvgIpc) is 3.24. The molecule has 2 fully saturated rings. The summed E-state index contributed by atoms with van der Waals surface area (Å²) in [5.74, 6) is 0.775. The average molecular weight is 282 g/mol. The lowest BCUT2D eigenvalue weighted by molar-refractivity contribution is -0.0775. The molecule has 3 heteroatoms. The molecular weight excluding hydrogens is 248 g/mol. The Hall–Kier alpha value is -0.120. The highest BCUT2D eigenvalue weighted by molar-refractivity contribution is 5.02. The van der Waals surface area contributed by atoms with Crippen molar-refractivity contribution in [3.05, 3.63) is 0 Å². The monoisotopic (exact) mass is 282 g/mol. The van der Waals surface area contributed by atoms with Crippen LogP contribution >= 0.6 is 0 Å². The van der Waals surface area contributed by atoms with Crippen molar-refractivity contribution in [2.75, 3.05) is 19.7 Å². The molecule has 1 aliphatic carbocycles. The minimum atomic E-state index is 0.216. The molecule has 0 aromatic heterocycles. The van der Waals surface area contributed by atoms with Gasteiger partial charge < -0.3 is 10.5 Å². The van der Waals surface area contributed by atoms with Crippen LogP contribution in [0.25, 0.3) is 0 Å². The second kappa shape index (κ2) is 7.24. The van der Waals surface area contributed by atoms with Crippen molar-refractivity contribution in [3.8, 4) is 0 Å². The van der Waals surface area contributed by atoms with E-state index in [1.54, 1.807) is 0 Å². The highest BCUT2D eigenvalue weighted by Gasteiger charge is 2.46. The zero-order valence-electron chi connectivity index (χ0n) is 13.7. The number of hydrogen-bond donors (Lipinski definition) is 1. The van der Waals surface area contributed by atoms with E-state index < -0.39 is 0 Å². The molecule has 0 aromatic rings. The second-order valence-electron chi connectivity index (χ2n) is 7.27. The first-order valence-electron chi connectivity index (χ1n) is 8.69. The summed E-state index contributed by atoms with van der Waals surface area (Å²) in [4.78, 5) is 2.78. The smallest absolute Gasteiger partial charge is 0.0593 e. The lowest BCUT2D eigenvalue weighted by atomic mass is 9.83. The lowest BCUT2D eigenvalue weighted by Gasteiger charge is -2.49. The molecule has 1 saturated heterocycles. The maximum atomic E-state index is 6.27. The topological polar surface area (TPSA) is 38.5 Å². The normalized spacial score (nSPS) is 31.2. The zero-order chi connectivity index (χ0) is 14.6. The standard InChI is InChI=1S/C17H34N2O/c1-4-5-16-12-17(13-18,9-11-20-16)19(15-6-7-15)10-8-14(2)3/h14-16H,4-13,18H2,1-3H3. The van der Waals surface area contributed by atoms with Gasteiger partial charge in [0.15, 0.2) is 0 Å². The minimum Gasteiger partial charge on any atom is -0.378 e. The Balaban J connectivity index is 2.05. The van der Waals surface area contributed by atoms with Gasteiger partial charge in [-0.15, -0.1) is 0 Å². The van der Waals surface area contributed by atoms with Gasteiger partial charge in [0.1, 0.15) is 0 Å². The van der Waals surface area contributed by atoms with E-state index in [0.717, 1.165) is 38.0 Å². The number of nitrogens with zero attached hydrogens (tertiary/aromatic N) is 1. The quantitative estimate of drug-likeness (QED) is 0.743. The van der Waals surface area contributed by atoms with E-state index in [1.165, 1.54) is 38.6 Å². The van der Waals surface area contributed by atoms with E-state index in [9.17, 15) is 0 Å². The van der Waals surface area contributed by atoms with Gasteiger partial charge in [-0.2, -0.15) is 0 Å². The number of ether oxygens (including phenoxy) is 1. The first-order valence-corrected chi connectivity index (χ1v) is 8.69. The van der Waals surface area contributed by atoms with Crippen LogP contribution in [0.5, 0.6) is 0 Å². The Kier molecular flexibility index (Phi) is 5.88. The summed E-state index contributed by atoms with van der Waals surface area (Å²) in [5, 5.41) is 0. The highest BCUT2D eigenvalue weighted by Crippen LogP contribution is 2.40. The maximum Gasteiger partial charge on any atom is 0.0593 e. The van der Waals surface area contributed by atoms with Crippen LogP contribution in [-0.4, -0.2) is 42.3 Å². The molecule has 118 valence electrons. The van der Waals surface area contributed by atoms with Gasteiger partial charge in [-0.1, -0.05) is 27.2 Å². The Morgan fingerprint density at radius 2 is 2.10 bits per heavy atom. The summed E-state index contributed by atoms with van der Waals surface area (Å²) in [6, 6.07) is 0.803. The van der Waals surface area contributed by atoms with Crippen molar-refractivity contribution in [2.45, 2.75) is 83.4 Å². The predicted molar refractivity (Wildman–Crippen MR) is 84.9 cm³/mol. The lowest BCUT2D eigenvalue weighted by Crippen LogP contribution is -2.59. The van der Waals surface area contributed by atoms with Gasteiger partial charge in [-0.3, -0.25) is 4.90 Å². The van der Waals surface area contributed by atoms with Gasteiger partial charge in [0, 0.05) is 24.7 Å². The summed E-state index contributed by atoms with van der Waals surface area (Å²) in [6.45, 7) is 9.81. The highest BCUT2D eigenvalue weighted by atomic mass is 16.5. The fourth-order valence-corrected chi connectivity index (χ4v) is 3.66. The Bertz CT molecular complexity index is 289. The maximum absolute atomic E-state index is 6.27. The third kappa shape index (κ3) is 3.96. The summed E-state index contributed by atoms with van der Waals surface area (Å²) in [7, 11) is 0. The van der Waals surface area contributed by atoms with E-state index in [0.29, 0.717) is 6.10 Å². The van der Waals surface area contributed by atoms with Crippen LogP contribution in [0, 0.1) is 5.92 Å². The molecule has 2 rings (SSSR count). The number of rotatable bonds is 8. The first kappa shape index (κ1) is 16.3. The van der Waals surface area contributed by atoms with Crippen molar-refractivity contribution in [2.24, 2.45) is 11.7 Å². The van der Waals surface area contributed by atoms with E-state index >= 15 is 0 Å². The molecule has 0 spiro atoms. The SMILES string of the molecule is CCCC1CC(CN)(N(CCC(C)C)C2CC2)CCO1. The van der Waals surface area contributed by atoms with Crippen LogP contribution in [0.2, 0.25) is 0 Å². The molecule has 3 nitrogen and oxygen atoms in total. The van der Waals surface area contributed by atoms with Gasteiger partial charge in [0.05, 0.1) is 6.10 Å². The molecule has 1 heterocycles. The molecule has 2 aliphatic rings. The van der Waals surface area contributed by atoms with Crippen molar-refractivity contribution in [1.82, 2.24) is 4.90 Å². The predicted octanol–water partition coefficient (Wildman–Crippen LogP) is 3.17. The molecular formula is C17H34N2O. The van der Waals surface area contributed by atoms with Gasteiger partial charge in [0.2, 0.25) is 0 Å². The zero-order valence-corrected chi connectivity index (χ0v) is 13.7. The second-order valence-corrected chi connectivity index (χ2v) is 7.27. The van der Waals surface area contributed by atoms with Crippen LogP contribution in [0.4, 0.5) is 0 Å². The van der Waals surface area contributed by atoms with Gasteiger partial charge in [-0.05, 0) is 51.0 Å². The fourth-order valence-electron chi connectivity index (χ4n) is 3.66. The van der Waals surface area contributed by atoms with Crippen molar-refractivity contribution >= 4 is 0 Å². The van der Waals surface area contributed by atoms with Crippen LogP contribution in [-0.2, 0) is 4.74 Å². The van der Waals surface area contributed by atoms with E-state index in [4.69, 9.17) is 10.5 Å². The summed E-state index contributed by atoms with van der Waals surface area (Å²) < 4.78 is 5.97. The van der Waals surface area contributed by atoms with Crippen molar-refractivity contribution < 1.29 is 4.74 Å². The minimum absolute atomic E-state index is 0.216. The third-order valence-electron chi connectivity index (χ3n) is 5.06. The first-order chi connectivity index (χ1) is 9.61. The van der Waals surface area contributed by atoms with Crippen LogP contribution in [0.3, 0.4) is 0 Å². The number of hydrogen-bond acceptors (Lipinski definition) is 3. The van der Waals surface area contributed by atoms with Crippen molar-refractivity contribution in [1.29, 1.82) is 0 Å². The Morgan fingerprint density at radius 1 is 1.35 bits per heavy atom. The molecule has 1 aliphatic heterocycles. The molecule has 1 saturated carbocycles. The van der Waals surface area contributed by atoms with Crippen molar-refractivity contribution in [3.63, 3.8) is 0 Å². The van der Waals surface area contributed by atoms with Gasteiger partial charge >= 0.3 is 0 Å². The summed E-state index contributed by atoms with van der Waals surface area (Å²) in [6.07, 6.45) is 9.13. The van der Waals surface area contributed by atoms with Gasteiger partial charge in [-0.25, -0.2) is 0 Å². The van der Waals surface area contributed by atoms with Crippen LogP contribution < -0.4 is 5.73 Å². The number of nitrogens with two attached hydrogens (primary N) is 1. The third-order valence-corrected chi connectivity index (χ3v) is 5.06. The molecule has 2 unspecified atom stereocenters. The molecule has 2 N–H and O–H groups in total. The molecule has 0 bridgehead atoms. The van der Waals surface area contributed by atoms with E-state index in [1.807, 2.05) is 0 Å². The van der Waals surface area contributed by atoms with Crippen LogP contribution in [0.1, 0.15) is 65.7 Å². The van der Waals surface area contributed by atoms with Crippen LogP contribution in [0.15, 0.2) is 0 Å². The molecule has 2 atom stereocenters. The Labute approximate surface area is 125 Å². The van der Waals surface area contributed by atoms with E-state index in [-0.39, 0.29) is 5.54 Å². The largest absolute Gasteiger partial charge is 0.378 e. The fraction of sp³-hybridized carbons (Fsp3) is 1.00. The van der Waals surface area contributed by atoms with Gasteiger partial charge in [0.25, 0.3) is 0 Å².